The molecule has 0 radical (unpaired) electrons. The minimum absolute atomic E-state index is 0.205. The van der Waals surface area contributed by atoms with E-state index in [2.05, 4.69) is 10.6 Å². The molecule has 0 spiro atoms. The molecule has 0 aliphatic heterocycles. The minimum atomic E-state index is -0.859. The number of nitrogens with one attached hydrogen (secondary N) is 2. The van der Waals surface area contributed by atoms with Gasteiger partial charge in [-0.3, -0.25) is 14.4 Å². The topological polar surface area (TPSA) is 101 Å². The van der Waals surface area contributed by atoms with Crippen LogP contribution in [0, 0.1) is 5.92 Å². The van der Waals surface area contributed by atoms with E-state index in [9.17, 15) is 14.4 Å². The molecule has 0 heterocycles. The Hall–Kier alpha value is -2.08. The van der Waals surface area contributed by atoms with Crippen LogP contribution in [-0.4, -0.2) is 29.8 Å². The van der Waals surface area contributed by atoms with Crippen LogP contribution in [0.4, 0.5) is 0 Å². The summed E-state index contributed by atoms with van der Waals surface area (Å²) in [6.45, 7) is 5.24. The highest BCUT2D eigenvalue weighted by Gasteiger charge is 2.25. The van der Waals surface area contributed by atoms with Crippen LogP contribution in [0.2, 0.25) is 5.02 Å². The zero-order valence-corrected chi connectivity index (χ0v) is 14.9. The molecule has 0 fully saturated rings. The SMILES string of the molecule is CC(=O)N[C@@H](CC(C)C)C(=O)N[C@H](Cc1ccc(Cl)cc1)C(N)=O. The van der Waals surface area contributed by atoms with Crippen molar-refractivity contribution in [3.05, 3.63) is 34.9 Å². The largest absolute Gasteiger partial charge is 0.368 e. The fraction of sp³-hybridized carbons (Fsp3) is 0.471. The van der Waals surface area contributed by atoms with Gasteiger partial charge in [0.2, 0.25) is 17.7 Å². The molecule has 0 saturated carbocycles. The second-order valence-electron chi connectivity index (χ2n) is 6.18. The van der Waals surface area contributed by atoms with Crippen LogP contribution >= 0.6 is 11.6 Å². The van der Waals surface area contributed by atoms with Crippen LogP contribution in [0.1, 0.15) is 32.8 Å². The standard InChI is InChI=1S/C17H24ClN3O3/c1-10(2)8-15(20-11(3)22)17(24)21-14(16(19)23)9-12-4-6-13(18)7-5-12/h4-7,10,14-15H,8-9H2,1-3H3,(H2,19,23)(H,20,22)(H,21,24)/t14-,15+/m1/s1. The molecule has 1 aromatic rings. The van der Waals surface area contributed by atoms with Crippen molar-refractivity contribution in [2.75, 3.05) is 0 Å². The molecule has 6 nitrogen and oxygen atoms in total. The number of benzene rings is 1. The first kappa shape index (κ1) is 20.0. The van der Waals surface area contributed by atoms with Gasteiger partial charge in [0, 0.05) is 18.4 Å². The van der Waals surface area contributed by atoms with E-state index in [1.54, 1.807) is 24.3 Å². The fourth-order valence-electron chi connectivity index (χ4n) is 2.30. The summed E-state index contributed by atoms with van der Waals surface area (Å²) < 4.78 is 0. The van der Waals surface area contributed by atoms with E-state index < -0.39 is 23.9 Å². The molecule has 0 saturated heterocycles. The molecule has 0 unspecified atom stereocenters. The first-order chi connectivity index (χ1) is 11.2. The Balaban J connectivity index is 2.80. The van der Waals surface area contributed by atoms with Gasteiger partial charge in [0.05, 0.1) is 0 Å². The van der Waals surface area contributed by atoms with Gasteiger partial charge >= 0.3 is 0 Å². The van der Waals surface area contributed by atoms with E-state index in [4.69, 9.17) is 17.3 Å². The van der Waals surface area contributed by atoms with Crippen molar-refractivity contribution in [3.8, 4) is 0 Å². The summed E-state index contributed by atoms with van der Waals surface area (Å²) in [7, 11) is 0. The molecule has 24 heavy (non-hydrogen) atoms. The highest BCUT2D eigenvalue weighted by atomic mass is 35.5. The van der Waals surface area contributed by atoms with Gasteiger partial charge in [-0.2, -0.15) is 0 Å². The second-order valence-corrected chi connectivity index (χ2v) is 6.61. The Morgan fingerprint density at radius 1 is 1.08 bits per heavy atom. The van der Waals surface area contributed by atoms with Crippen LogP contribution in [-0.2, 0) is 20.8 Å². The summed E-state index contributed by atoms with van der Waals surface area (Å²) in [4.78, 5) is 35.4. The molecule has 7 heteroatoms. The summed E-state index contributed by atoms with van der Waals surface area (Å²) in [6, 6.07) is 5.38. The number of amides is 3. The number of halogens is 1. The Morgan fingerprint density at radius 3 is 2.12 bits per heavy atom. The average molecular weight is 354 g/mol. The van der Waals surface area contributed by atoms with Gasteiger partial charge in [0.15, 0.2) is 0 Å². The number of rotatable bonds is 8. The van der Waals surface area contributed by atoms with Crippen molar-refractivity contribution in [1.82, 2.24) is 10.6 Å². The number of carbonyl (C=O) groups is 3. The van der Waals surface area contributed by atoms with Crippen molar-refractivity contribution in [2.45, 2.75) is 45.7 Å². The number of carbonyl (C=O) groups excluding carboxylic acids is 3. The number of nitrogens with two attached hydrogens (primary N) is 1. The summed E-state index contributed by atoms with van der Waals surface area (Å²) in [6.07, 6.45) is 0.727. The van der Waals surface area contributed by atoms with E-state index in [-0.39, 0.29) is 18.2 Å². The third-order valence-corrected chi connectivity index (χ3v) is 3.67. The summed E-state index contributed by atoms with van der Waals surface area (Å²) in [5.41, 5.74) is 6.22. The van der Waals surface area contributed by atoms with Gasteiger partial charge in [-0.1, -0.05) is 37.6 Å². The molecule has 4 N–H and O–H groups in total. The van der Waals surface area contributed by atoms with E-state index >= 15 is 0 Å². The van der Waals surface area contributed by atoms with Crippen molar-refractivity contribution in [2.24, 2.45) is 11.7 Å². The molecule has 2 atom stereocenters. The molecular formula is C17H24ClN3O3. The Morgan fingerprint density at radius 2 is 1.67 bits per heavy atom. The first-order valence-corrected chi connectivity index (χ1v) is 8.18. The normalized spacial score (nSPS) is 13.2. The predicted octanol–water partition coefficient (Wildman–Crippen LogP) is 1.40. The van der Waals surface area contributed by atoms with Crippen molar-refractivity contribution >= 4 is 29.3 Å². The van der Waals surface area contributed by atoms with Crippen LogP contribution in [0.5, 0.6) is 0 Å². The molecule has 3 amide bonds. The van der Waals surface area contributed by atoms with Gasteiger partial charge in [0.1, 0.15) is 12.1 Å². The van der Waals surface area contributed by atoms with Crippen molar-refractivity contribution in [1.29, 1.82) is 0 Å². The Bertz CT molecular complexity index is 587. The van der Waals surface area contributed by atoms with Gasteiger partial charge in [-0.15, -0.1) is 0 Å². The molecule has 1 aromatic carbocycles. The summed E-state index contributed by atoms with van der Waals surface area (Å²) >= 11 is 5.83. The second kappa shape index (κ2) is 9.27. The average Bonchev–Trinajstić information content (AvgIpc) is 2.46. The number of hydrogen-bond acceptors (Lipinski definition) is 3. The minimum Gasteiger partial charge on any atom is -0.368 e. The van der Waals surface area contributed by atoms with Crippen LogP contribution in [0.25, 0.3) is 0 Å². The highest BCUT2D eigenvalue weighted by Crippen LogP contribution is 2.12. The Labute approximate surface area is 147 Å². The molecule has 0 bridgehead atoms. The van der Waals surface area contributed by atoms with Gasteiger partial charge in [-0.25, -0.2) is 0 Å². The van der Waals surface area contributed by atoms with E-state index in [0.717, 1.165) is 5.56 Å². The molecule has 0 aromatic heterocycles. The van der Waals surface area contributed by atoms with Gasteiger partial charge < -0.3 is 16.4 Å². The molecule has 0 aliphatic carbocycles. The maximum Gasteiger partial charge on any atom is 0.243 e. The van der Waals surface area contributed by atoms with Gasteiger partial charge in [-0.05, 0) is 30.0 Å². The lowest BCUT2D eigenvalue weighted by Crippen LogP contribution is -2.53. The smallest absolute Gasteiger partial charge is 0.243 e. The lowest BCUT2D eigenvalue weighted by atomic mass is 10.0. The van der Waals surface area contributed by atoms with E-state index in [1.165, 1.54) is 6.92 Å². The fourth-order valence-corrected chi connectivity index (χ4v) is 2.43. The van der Waals surface area contributed by atoms with Crippen molar-refractivity contribution < 1.29 is 14.4 Å². The first-order valence-electron chi connectivity index (χ1n) is 7.80. The lowest BCUT2D eigenvalue weighted by molar-refractivity contribution is -0.131. The van der Waals surface area contributed by atoms with Crippen LogP contribution in [0.3, 0.4) is 0 Å². The quantitative estimate of drug-likeness (QED) is 0.658. The molecule has 132 valence electrons. The van der Waals surface area contributed by atoms with E-state index in [0.29, 0.717) is 11.4 Å². The lowest BCUT2D eigenvalue weighted by Gasteiger charge is -2.22. The third-order valence-electron chi connectivity index (χ3n) is 3.41. The molecular weight excluding hydrogens is 330 g/mol. The number of primary amides is 1. The zero-order chi connectivity index (χ0) is 18.3. The summed E-state index contributed by atoms with van der Waals surface area (Å²) in [5.74, 6) is -1.15. The maximum absolute atomic E-state index is 12.4. The van der Waals surface area contributed by atoms with Crippen molar-refractivity contribution in [3.63, 3.8) is 0 Å². The third kappa shape index (κ3) is 7.00. The molecule has 0 aliphatic rings. The van der Waals surface area contributed by atoms with Gasteiger partial charge in [0.25, 0.3) is 0 Å². The summed E-state index contributed by atoms with van der Waals surface area (Å²) in [5, 5.41) is 5.82. The maximum atomic E-state index is 12.4. The zero-order valence-electron chi connectivity index (χ0n) is 14.1. The number of hydrogen-bond donors (Lipinski definition) is 3. The van der Waals surface area contributed by atoms with Crippen LogP contribution < -0.4 is 16.4 Å². The predicted molar refractivity (Wildman–Crippen MR) is 93.3 cm³/mol. The monoisotopic (exact) mass is 353 g/mol. The Kier molecular flexibility index (Phi) is 7.71. The highest BCUT2D eigenvalue weighted by molar-refractivity contribution is 6.30. The molecule has 1 rings (SSSR count). The van der Waals surface area contributed by atoms with E-state index in [1.807, 2.05) is 13.8 Å². The van der Waals surface area contributed by atoms with Crippen LogP contribution in [0.15, 0.2) is 24.3 Å².